The molecule has 0 aliphatic heterocycles. The highest BCUT2D eigenvalue weighted by Crippen LogP contribution is 2.15. The van der Waals surface area contributed by atoms with Gasteiger partial charge in [-0.15, -0.1) is 0 Å². The van der Waals surface area contributed by atoms with Gasteiger partial charge in [-0.2, -0.15) is 0 Å². The number of aromatic nitrogens is 1. The molecule has 3 aromatic rings. The first kappa shape index (κ1) is 17.4. The Morgan fingerprint density at radius 3 is 1.88 bits per heavy atom. The molecule has 132 valence electrons. The molecular weight excluding hydrogens is 334 g/mol. The van der Waals surface area contributed by atoms with Crippen molar-refractivity contribution in [2.75, 3.05) is 0 Å². The molecular formula is C20H17NO5. The smallest absolute Gasteiger partial charge is 0.377 e. The molecule has 26 heavy (non-hydrogen) atoms. The lowest BCUT2D eigenvalue weighted by Gasteiger charge is -2.05. The summed E-state index contributed by atoms with van der Waals surface area (Å²) >= 11 is 0. The zero-order valence-electron chi connectivity index (χ0n) is 14.2. The topological polar surface area (TPSA) is 78.6 Å². The van der Waals surface area contributed by atoms with Crippen molar-refractivity contribution in [2.24, 2.45) is 0 Å². The maximum Gasteiger partial charge on any atom is 0.377 e. The Bertz CT molecular complexity index is 814. The number of oxazole rings is 1. The molecule has 0 aliphatic rings. The second kappa shape index (κ2) is 8.11. The van der Waals surface area contributed by atoms with Crippen molar-refractivity contribution in [2.45, 2.75) is 20.1 Å². The molecule has 0 amide bonds. The van der Waals surface area contributed by atoms with E-state index in [4.69, 9.17) is 13.9 Å². The second-order valence-electron chi connectivity index (χ2n) is 5.53. The summed E-state index contributed by atoms with van der Waals surface area (Å²) in [5.74, 6) is -1.57. The minimum absolute atomic E-state index is 0.0674. The Morgan fingerprint density at radius 1 is 0.846 bits per heavy atom. The third-order valence-electron chi connectivity index (χ3n) is 3.54. The van der Waals surface area contributed by atoms with Gasteiger partial charge in [0.05, 0.1) is 0 Å². The summed E-state index contributed by atoms with van der Waals surface area (Å²) < 4.78 is 15.7. The third-order valence-corrected chi connectivity index (χ3v) is 3.54. The number of hydrogen-bond donors (Lipinski definition) is 0. The lowest BCUT2D eigenvalue weighted by atomic mass is 10.2. The van der Waals surface area contributed by atoms with Crippen molar-refractivity contribution < 1.29 is 23.5 Å². The molecule has 0 saturated carbocycles. The van der Waals surface area contributed by atoms with Gasteiger partial charge in [0.1, 0.15) is 13.2 Å². The van der Waals surface area contributed by atoms with Gasteiger partial charge in [0.25, 0.3) is 0 Å². The van der Waals surface area contributed by atoms with Crippen LogP contribution < -0.4 is 0 Å². The molecule has 0 atom stereocenters. The highest BCUT2D eigenvalue weighted by Gasteiger charge is 2.27. The van der Waals surface area contributed by atoms with Gasteiger partial charge >= 0.3 is 11.9 Å². The Balaban J connectivity index is 1.66. The van der Waals surface area contributed by atoms with E-state index in [2.05, 4.69) is 4.98 Å². The van der Waals surface area contributed by atoms with Crippen LogP contribution in [0.2, 0.25) is 0 Å². The normalized spacial score (nSPS) is 10.3. The molecule has 6 nitrogen and oxygen atoms in total. The summed E-state index contributed by atoms with van der Waals surface area (Å²) in [6.45, 7) is 1.68. The Labute approximate surface area is 150 Å². The Morgan fingerprint density at radius 2 is 1.35 bits per heavy atom. The van der Waals surface area contributed by atoms with Gasteiger partial charge in [0.15, 0.2) is 5.89 Å². The van der Waals surface area contributed by atoms with E-state index in [1.54, 1.807) is 6.92 Å². The van der Waals surface area contributed by atoms with Crippen molar-refractivity contribution in [1.82, 2.24) is 4.98 Å². The van der Waals surface area contributed by atoms with E-state index in [1.165, 1.54) is 0 Å². The first-order valence-electron chi connectivity index (χ1n) is 8.03. The monoisotopic (exact) mass is 351 g/mol. The fourth-order valence-electron chi connectivity index (χ4n) is 2.28. The van der Waals surface area contributed by atoms with E-state index < -0.39 is 11.9 Å². The van der Waals surface area contributed by atoms with Crippen LogP contribution in [0.1, 0.15) is 38.1 Å². The van der Waals surface area contributed by atoms with E-state index >= 15 is 0 Å². The van der Waals surface area contributed by atoms with Crippen molar-refractivity contribution in [3.8, 4) is 0 Å². The van der Waals surface area contributed by atoms with Crippen LogP contribution in [-0.4, -0.2) is 16.9 Å². The molecule has 0 N–H and O–H groups in total. The van der Waals surface area contributed by atoms with E-state index in [1.807, 2.05) is 60.7 Å². The zero-order valence-corrected chi connectivity index (χ0v) is 14.2. The molecule has 1 heterocycles. The summed E-state index contributed by atoms with van der Waals surface area (Å²) in [6.07, 6.45) is 0. The van der Waals surface area contributed by atoms with Gasteiger partial charge in [0, 0.05) is 6.92 Å². The molecule has 0 fully saturated rings. The first-order chi connectivity index (χ1) is 12.6. The summed E-state index contributed by atoms with van der Waals surface area (Å²) in [5.41, 5.74) is 1.47. The highest BCUT2D eigenvalue weighted by atomic mass is 16.6. The molecule has 3 rings (SSSR count). The highest BCUT2D eigenvalue weighted by molar-refractivity contribution is 5.99. The number of carbonyl (C=O) groups excluding carboxylic acids is 2. The maximum absolute atomic E-state index is 12.3. The van der Waals surface area contributed by atoms with Crippen LogP contribution in [0.15, 0.2) is 65.1 Å². The number of esters is 2. The van der Waals surface area contributed by atoms with Gasteiger partial charge < -0.3 is 13.9 Å². The predicted molar refractivity (Wildman–Crippen MR) is 92.4 cm³/mol. The van der Waals surface area contributed by atoms with Gasteiger partial charge in [-0.1, -0.05) is 60.7 Å². The lowest BCUT2D eigenvalue weighted by Crippen LogP contribution is -2.13. The summed E-state index contributed by atoms with van der Waals surface area (Å²) in [5, 5.41) is 0. The van der Waals surface area contributed by atoms with E-state index in [0.717, 1.165) is 11.1 Å². The molecule has 0 radical (unpaired) electrons. The van der Waals surface area contributed by atoms with E-state index in [-0.39, 0.29) is 30.6 Å². The molecule has 0 spiro atoms. The molecule has 0 aliphatic carbocycles. The fraction of sp³-hybridized carbons (Fsp3) is 0.150. The van der Waals surface area contributed by atoms with Crippen LogP contribution in [-0.2, 0) is 22.7 Å². The van der Waals surface area contributed by atoms with E-state index in [0.29, 0.717) is 0 Å². The number of hydrogen-bond acceptors (Lipinski definition) is 6. The van der Waals surface area contributed by atoms with Crippen LogP contribution in [0.5, 0.6) is 0 Å². The number of aryl methyl sites for hydroxylation is 1. The van der Waals surface area contributed by atoms with Crippen molar-refractivity contribution >= 4 is 11.9 Å². The summed E-state index contributed by atoms with van der Waals surface area (Å²) in [7, 11) is 0. The SMILES string of the molecule is Cc1nc(C(=O)OCc2ccccc2)c(C(=O)OCc2ccccc2)o1. The first-order valence-corrected chi connectivity index (χ1v) is 8.03. The molecule has 6 heteroatoms. The minimum atomic E-state index is -0.763. The van der Waals surface area contributed by atoms with Crippen LogP contribution in [0.3, 0.4) is 0 Å². The molecule has 2 aromatic carbocycles. The number of nitrogens with zero attached hydrogens (tertiary/aromatic N) is 1. The van der Waals surface area contributed by atoms with Crippen LogP contribution >= 0.6 is 0 Å². The Kier molecular flexibility index (Phi) is 5.43. The standard InChI is InChI=1S/C20H17NO5/c1-14-21-17(19(22)24-12-15-8-4-2-5-9-15)18(26-14)20(23)25-13-16-10-6-3-7-11-16/h2-11H,12-13H2,1H3. The fourth-order valence-corrected chi connectivity index (χ4v) is 2.28. The average molecular weight is 351 g/mol. The summed E-state index contributed by atoms with van der Waals surface area (Å²) in [4.78, 5) is 28.5. The van der Waals surface area contributed by atoms with E-state index in [9.17, 15) is 9.59 Å². The Hall–Kier alpha value is -3.41. The molecule has 0 saturated heterocycles. The predicted octanol–water partition coefficient (Wildman–Crippen LogP) is 3.70. The van der Waals surface area contributed by atoms with Crippen LogP contribution in [0.4, 0.5) is 0 Å². The van der Waals surface area contributed by atoms with Crippen molar-refractivity contribution in [1.29, 1.82) is 0 Å². The van der Waals surface area contributed by atoms with Gasteiger partial charge in [-0.25, -0.2) is 14.6 Å². The van der Waals surface area contributed by atoms with Crippen LogP contribution in [0, 0.1) is 6.92 Å². The third kappa shape index (κ3) is 4.36. The van der Waals surface area contributed by atoms with Gasteiger partial charge in [0.2, 0.25) is 11.5 Å². The average Bonchev–Trinajstić information content (AvgIpc) is 3.08. The van der Waals surface area contributed by atoms with Gasteiger partial charge in [-0.05, 0) is 11.1 Å². The number of ether oxygens (including phenoxy) is 2. The quantitative estimate of drug-likeness (QED) is 0.630. The van der Waals surface area contributed by atoms with Crippen molar-refractivity contribution in [3.05, 3.63) is 89.1 Å². The number of benzene rings is 2. The summed E-state index contributed by atoms with van der Waals surface area (Å²) in [6, 6.07) is 18.4. The molecule has 1 aromatic heterocycles. The largest absolute Gasteiger partial charge is 0.456 e. The molecule has 0 unspecified atom stereocenters. The zero-order chi connectivity index (χ0) is 18.4. The number of carbonyl (C=O) groups is 2. The number of rotatable bonds is 6. The minimum Gasteiger partial charge on any atom is -0.456 e. The van der Waals surface area contributed by atoms with Gasteiger partial charge in [-0.3, -0.25) is 0 Å². The lowest BCUT2D eigenvalue weighted by molar-refractivity contribution is 0.0395. The second-order valence-corrected chi connectivity index (χ2v) is 5.53. The maximum atomic E-state index is 12.3. The molecule has 0 bridgehead atoms. The van der Waals surface area contributed by atoms with Crippen molar-refractivity contribution in [3.63, 3.8) is 0 Å². The van der Waals surface area contributed by atoms with Crippen LogP contribution in [0.25, 0.3) is 0 Å².